The lowest BCUT2D eigenvalue weighted by Crippen LogP contribution is -2.18. The van der Waals surface area contributed by atoms with Gasteiger partial charge in [-0.2, -0.15) is 0 Å². The molecule has 11 rings (SSSR count). The summed E-state index contributed by atoms with van der Waals surface area (Å²) in [5, 5.41) is 4.69. The summed E-state index contributed by atoms with van der Waals surface area (Å²) < 4.78 is 6.45. The van der Waals surface area contributed by atoms with E-state index in [1.807, 2.05) is 0 Å². The SMILES string of the molecule is CC1(C)C2=C(CCC=C2)c2ccc(N(c3ccccc3-c3ccc4oc5cc6ccccc6cc5c4c3)c3cccc4c3-c3ccccc3C4(C)C)cc21. The van der Waals surface area contributed by atoms with Crippen molar-refractivity contribution in [3.05, 3.63) is 180 Å². The molecular weight excluding hydrogens is 655 g/mol. The fraction of sp³-hybridized carbons (Fsp3) is 0.154. The zero-order valence-electron chi connectivity index (χ0n) is 31.2. The largest absolute Gasteiger partial charge is 0.456 e. The van der Waals surface area contributed by atoms with Gasteiger partial charge in [0.1, 0.15) is 11.2 Å². The van der Waals surface area contributed by atoms with Gasteiger partial charge >= 0.3 is 0 Å². The number of nitrogens with zero attached hydrogens (tertiary/aromatic N) is 1. The Morgan fingerprint density at radius 1 is 0.537 bits per heavy atom. The number of fused-ring (bicyclic) bond motifs is 9. The van der Waals surface area contributed by atoms with Gasteiger partial charge in [0.2, 0.25) is 0 Å². The number of benzene rings is 7. The standard InChI is InChI=1S/C52H41NO/c1-51(2)43-20-11-8-18-39(43)50-44(51)21-13-23-47(50)53(35-25-26-38-37-17-7-10-19-42(37)52(3,4)45(38)31-35)46-22-12-9-16-36(46)34-24-27-48-40(29-34)41-28-32-14-5-6-15-33(32)30-49(41)54-48/h5-6,8-16,18-31H,7,17H2,1-4H3. The van der Waals surface area contributed by atoms with Crippen LogP contribution in [0.15, 0.2) is 162 Å². The third-order valence-electron chi connectivity index (χ3n) is 12.7. The minimum atomic E-state index is -0.111. The van der Waals surface area contributed by atoms with Gasteiger partial charge in [0, 0.05) is 38.4 Å². The number of para-hydroxylation sites is 1. The molecule has 0 radical (unpaired) electrons. The second-order valence-corrected chi connectivity index (χ2v) is 16.4. The number of hydrogen-bond acceptors (Lipinski definition) is 2. The van der Waals surface area contributed by atoms with E-state index in [1.165, 1.54) is 72.2 Å². The monoisotopic (exact) mass is 695 g/mol. The molecule has 0 saturated heterocycles. The van der Waals surface area contributed by atoms with E-state index in [9.17, 15) is 0 Å². The maximum atomic E-state index is 6.45. The smallest absolute Gasteiger partial charge is 0.136 e. The molecule has 0 saturated carbocycles. The topological polar surface area (TPSA) is 16.4 Å². The molecule has 1 heterocycles. The van der Waals surface area contributed by atoms with Crippen molar-refractivity contribution < 1.29 is 4.42 Å². The van der Waals surface area contributed by atoms with Gasteiger partial charge in [-0.1, -0.05) is 131 Å². The van der Waals surface area contributed by atoms with Gasteiger partial charge in [0.25, 0.3) is 0 Å². The van der Waals surface area contributed by atoms with Crippen LogP contribution in [0, 0.1) is 0 Å². The van der Waals surface area contributed by atoms with Crippen molar-refractivity contribution in [3.63, 3.8) is 0 Å². The molecule has 0 spiro atoms. The van der Waals surface area contributed by atoms with Gasteiger partial charge in [0.15, 0.2) is 0 Å². The Hall–Kier alpha value is -6.12. The Morgan fingerprint density at radius 2 is 1.26 bits per heavy atom. The van der Waals surface area contributed by atoms with Crippen LogP contribution in [0.25, 0.3) is 60.5 Å². The van der Waals surface area contributed by atoms with Crippen LogP contribution < -0.4 is 4.90 Å². The van der Waals surface area contributed by atoms with Crippen LogP contribution in [-0.4, -0.2) is 0 Å². The molecule has 54 heavy (non-hydrogen) atoms. The highest BCUT2D eigenvalue weighted by Crippen LogP contribution is 2.56. The third kappa shape index (κ3) is 4.34. The Labute approximate surface area is 316 Å². The summed E-state index contributed by atoms with van der Waals surface area (Å²) in [4.78, 5) is 2.54. The fourth-order valence-electron chi connectivity index (χ4n) is 10.00. The molecule has 2 nitrogen and oxygen atoms in total. The second-order valence-electron chi connectivity index (χ2n) is 16.4. The van der Waals surface area contributed by atoms with E-state index in [2.05, 4.69) is 184 Å². The summed E-state index contributed by atoms with van der Waals surface area (Å²) in [6, 6.07) is 51.8. The Balaban J connectivity index is 1.16. The highest BCUT2D eigenvalue weighted by molar-refractivity contribution is 6.11. The fourth-order valence-corrected chi connectivity index (χ4v) is 10.00. The van der Waals surface area contributed by atoms with Crippen molar-refractivity contribution in [3.8, 4) is 22.3 Å². The van der Waals surface area contributed by atoms with Crippen LogP contribution in [0.3, 0.4) is 0 Å². The summed E-state index contributed by atoms with van der Waals surface area (Å²) in [7, 11) is 0. The first-order chi connectivity index (χ1) is 26.3. The van der Waals surface area contributed by atoms with Crippen LogP contribution in [0.5, 0.6) is 0 Å². The molecule has 3 aliphatic rings. The highest BCUT2D eigenvalue weighted by Gasteiger charge is 2.40. The van der Waals surface area contributed by atoms with E-state index >= 15 is 0 Å². The molecule has 0 atom stereocenters. The molecule has 8 aromatic rings. The van der Waals surface area contributed by atoms with E-state index in [-0.39, 0.29) is 10.8 Å². The lowest BCUT2D eigenvalue weighted by Gasteiger charge is -2.32. The predicted molar refractivity (Wildman–Crippen MR) is 227 cm³/mol. The molecule has 260 valence electrons. The minimum Gasteiger partial charge on any atom is -0.456 e. The summed E-state index contributed by atoms with van der Waals surface area (Å²) >= 11 is 0. The van der Waals surface area contributed by atoms with Crippen molar-refractivity contribution in [2.24, 2.45) is 0 Å². The van der Waals surface area contributed by atoms with Gasteiger partial charge in [-0.05, 0) is 117 Å². The van der Waals surface area contributed by atoms with Crippen molar-refractivity contribution >= 4 is 55.3 Å². The number of hydrogen-bond donors (Lipinski definition) is 0. The van der Waals surface area contributed by atoms with E-state index < -0.39 is 0 Å². The average molecular weight is 696 g/mol. The van der Waals surface area contributed by atoms with Gasteiger partial charge < -0.3 is 9.32 Å². The molecule has 0 bridgehead atoms. The first-order valence-corrected chi connectivity index (χ1v) is 19.3. The van der Waals surface area contributed by atoms with E-state index in [1.54, 1.807) is 0 Å². The Morgan fingerprint density at radius 3 is 2.13 bits per heavy atom. The quantitative estimate of drug-likeness (QED) is 0.182. The van der Waals surface area contributed by atoms with E-state index in [4.69, 9.17) is 4.42 Å². The van der Waals surface area contributed by atoms with Crippen molar-refractivity contribution in [1.29, 1.82) is 0 Å². The van der Waals surface area contributed by atoms with Crippen molar-refractivity contribution in [1.82, 2.24) is 0 Å². The highest BCUT2D eigenvalue weighted by atomic mass is 16.3. The molecule has 3 aliphatic carbocycles. The normalized spacial score (nSPS) is 16.1. The number of furan rings is 1. The molecule has 0 N–H and O–H groups in total. The molecule has 0 fully saturated rings. The lowest BCUT2D eigenvalue weighted by atomic mass is 9.80. The van der Waals surface area contributed by atoms with Crippen molar-refractivity contribution in [2.45, 2.75) is 51.4 Å². The first kappa shape index (κ1) is 31.4. The zero-order valence-corrected chi connectivity index (χ0v) is 31.2. The van der Waals surface area contributed by atoms with E-state index in [0.717, 1.165) is 46.0 Å². The van der Waals surface area contributed by atoms with E-state index in [0.29, 0.717) is 0 Å². The average Bonchev–Trinajstić information content (AvgIpc) is 3.76. The van der Waals surface area contributed by atoms with Crippen LogP contribution in [0.2, 0.25) is 0 Å². The summed E-state index contributed by atoms with van der Waals surface area (Å²) in [5.74, 6) is 0. The number of allylic oxidation sites excluding steroid dienone is 4. The number of anilines is 3. The van der Waals surface area contributed by atoms with Crippen LogP contribution in [-0.2, 0) is 10.8 Å². The van der Waals surface area contributed by atoms with Gasteiger partial charge in [-0.25, -0.2) is 0 Å². The molecule has 0 amide bonds. The maximum Gasteiger partial charge on any atom is 0.136 e. The van der Waals surface area contributed by atoms with Crippen molar-refractivity contribution in [2.75, 3.05) is 4.90 Å². The minimum absolute atomic E-state index is 0.0758. The summed E-state index contributed by atoms with van der Waals surface area (Å²) in [6.07, 6.45) is 6.94. The molecule has 0 aliphatic heterocycles. The second kappa shape index (κ2) is 11.2. The first-order valence-electron chi connectivity index (χ1n) is 19.3. The van der Waals surface area contributed by atoms with Crippen LogP contribution in [0.1, 0.15) is 62.8 Å². The summed E-state index contributed by atoms with van der Waals surface area (Å²) in [6.45, 7) is 9.54. The molecule has 1 aromatic heterocycles. The Kier molecular flexibility index (Phi) is 6.51. The predicted octanol–water partition coefficient (Wildman–Crippen LogP) is 14.6. The third-order valence-corrected chi connectivity index (χ3v) is 12.7. The zero-order chi connectivity index (χ0) is 36.3. The lowest BCUT2D eigenvalue weighted by molar-refractivity contribution is 0.651. The van der Waals surface area contributed by atoms with Crippen LogP contribution in [0.4, 0.5) is 17.1 Å². The van der Waals surface area contributed by atoms with Gasteiger partial charge in [0.05, 0.1) is 11.4 Å². The number of rotatable bonds is 4. The molecular formula is C52H41NO. The Bertz CT molecular complexity index is 2950. The summed E-state index contributed by atoms with van der Waals surface area (Å²) in [5.41, 5.74) is 18.7. The molecule has 7 aromatic carbocycles. The van der Waals surface area contributed by atoms with Gasteiger partial charge in [-0.15, -0.1) is 0 Å². The maximum absolute atomic E-state index is 6.45. The molecule has 2 heteroatoms. The van der Waals surface area contributed by atoms with Gasteiger partial charge in [-0.3, -0.25) is 0 Å². The molecule has 0 unspecified atom stereocenters. The van der Waals surface area contributed by atoms with Crippen LogP contribution >= 0.6 is 0 Å².